The summed E-state index contributed by atoms with van der Waals surface area (Å²) in [6.07, 6.45) is 0. The van der Waals surface area contributed by atoms with Crippen molar-refractivity contribution in [3.8, 4) is 11.5 Å². The summed E-state index contributed by atoms with van der Waals surface area (Å²) in [5.74, 6) is 1.80. The van der Waals surface area contributed by atoms with Crippen LogP contribution >= 0.6 is 11.6 Å². The molecule has 18 heavy (non-hydrogen) atoms. The van der Waals surface area contributed by atoms with E-state index in [1.54, 1.807) is 6.07 Å². The molecule has 0 aromatic heterocycles. The van der Waals surface area contributed by atoms with Crippen LogP contribution in [0.25, 0.3) is 0 Å². The van der Waals surface area contributed by atoms with E-state index in [0.717, 1.165) is 11.3 Å². The maximum atomic E-state index is 5.98. The van der Waals surface area contributed by atoms with Gasteiger partial charge in [0.25, 0.3) is 0 Å². The van der Waals surface area contributed by atoms with E-state index in [1.165, 1.54) is 0 Å². The Morgan fingerprint density at radius 2 is 1.67 bits per heavy atom. The highest BCUT2D eigenvalue weighted by Gasteiger charge is 2.10. The Kier molecular flexibility index (Phi) is 3.78. The fourth-order valence-electron chi connectivity index (χ4n) is 1.78. The van der Waals surface area contributed by atoms with Crippen molar-refractivity contribution in [1.82, 2.24) is 0 Å². The van der Waals surface area contributed by atoms with E-state index in [4.69, 9.17) is 22.1 Å². The van der Waals surface area contributed by atoms with Crippen molar-refractivity contribution in [3.63, 3.8) is 0 Å². The van der Waals surface area contributed by atoms with Crippen molar-refractivity contribution in [1.29, 1.82) is 0 Å². The Labute approximate surface area is 112 Å². The van der Waals surface area contributed by atoms with Gasteiger partial charge >= 0.3 is 0 Å². The second kappa shape index (κ2) is 5.32. The predicted molar refractivity (Wildman–Crippen MR) is 76.5 cm³/mol. The van der Waals surface area contributed by atoms with Gasteiger partial charge in [0.05, 0.1) is 10.7 Å². The predicted octanol–water partition coefficient (Wildman–Crippen LogP) is 4.84. The molecule has 0 aliphatic heterocycles. The number of benzene rings is 2. The molecule has 0 heterocycles. The van der Waals surface area contributed by atoms with Gasteiger partial charge in [0.15, 0.2) is 5.75 Å². The number of anilines is 1. The normalized spacial score (nSPS) is 10.7. The van der Waals surface area contributed by atoms with Crippen molar-refractivity contribution < 1.29 is 4.74 Å². The van der Waals surface area contributed by atoms with E-state index in [9.17, 15) is 0 Å². The largest absolute Gasteiger partial charge is 0.455 e. The van der Waals surface area contributed by atoms with Crippen LogP contribution in [0.3, 0.4) is 0 Å². The molecule has 0 fully saturated rings. The van der Waals surface area contributed by atoms with Crippen LogP contribution in [0.5, 0.6) is 11.5 Å². The van der Waals surface area contributed by atoms with Crippen LogP contribution in [0.15, 0.2) is 42.5 Å². The molecule has 0 aliphatic rings. The molecule has 0 bridgehead atoms. The lowest BCUT2D eigenvalue weighted by Gasteiger charge is -2.15. The third kappa shape index (κ3) is 2.59. The van der Waals surface area contributed by atoms with Crippen LogP contribution in [0, 0.1) is 0 Å². The lowest BCUT2D eigenvalue weighted by Crippen LogP contribution is -1.96. The molecule has 0 spiro atoms. The molecular formula is C15H16ClNO. The van der Waals surface area contributed by atoms with Crippen LogP contribution in [0.4, 0.5) is 5.69 Å². The summed E-state index contributed by atoms with van der Waals surface area (Å²) in [4.78, 5) is 0. The second-order valence-corrected chi connectivity index (χ2v) is 4.85. The van der Waals surface area contributed by atoms with E-state index in [2.05, 4.69) is 19.9 Å². The van der Waals surface area contributed by atoms with Crippen LogP contribution in [0.2, 0.25) is 5.02 Å². The quantitative estimate of drug-likeness (QED) is 0.803. The fourth-order valence-corrected chi connectivity index (χ4v) is 1.94. The maximum absolute atomic E-state index is 5.98. The molecular weight excluding hydrogens is 246 g/mol. The van der Waals surface area contributed by atoms with E-state index in [0.29, 0.717) is 22.4 Å². The van der Waals surface area contributed by atoms with Gasteiger partial charge in [-0.15, -0.1) is 0 Å². The Hall–Kier alpha value is -1.67. The first-order valence-corrected chi connectivity index (χ1v) is 6.28. The molecule has 94 valence electrons. The van der Waals surface area contributed by atoms with Gasteiger partial charge in [-0.05, 0) is 29.7 Å². The second-order valence-electron chi connectivity index (χ2n) is 4.45. The van der Waals surface area contributed by atoms with Gasteiger partial charge in [0, 0.05) is 0 Å². The molecule has 0 radical (unpaired) electrons. The lowest BCUT2D eigenvalue weighted by molar-refractivity contribution is 0.475. The van der Waals surface area contributed by atoms with Crippen molar-refractivity contribution >= 4 is 17.3 Å². The molecule has 2 nitrogen and oxygen atoms in total. The Morgan fingerprint density at radius 1 is 1.00 bits per heavy atom. The van der Waals surface area contributed by atoms with Gasteiger partial charge in [0.2, 0.25) is 0 Å². The van der Waals surface area contributed by atoms with E-state index in [-0.39, 0.29) is 0 Å². The summed E-state index contributed by atoms with van der Waals surface area (Å²) in [7, 11) is 0. The number of halogens is 1. The first-order valence-electron chi connectivity index (χ1n) is 5.90. The molecule has 2 rings (SSSR count). The van der Waals surface area contributed by atoms with Crippen LogP contribution in [-0.2, 0) is 0 Å². The number of para-hydroxylation sites is 2. The Balaban J connectivity index is 2.37. The van der Waals surface area contributed by atoms with E-state index >= 15 is 0 Å². The smallest absolute Gasteiger partial charge is 0.151 e. The average Bonchev–Trinajstić information content (AvgIpc) is 2.35. The molecule has 0 unspecified atom stereocenters. The van der Waals surface area contributed by atoms with Crippen molar-refractivity contribution in [2.24, 2.45) is 0 Å². The summed E-state index contributed by atoms with van der Waals surface area (Å²) >= 11 is 5.98. The topological polar surface area (TPSA) is 35.2 Å². The Morgan fingerprint density at radius 3 is 2.39 bits per heavy atom. The van der Waals surface area contributed by atoms with Crippen molar-refractivity contribution in [3.05, 3.63) is 53.1 Å². The number of rotatable bonds is 3. The molecule has 0 saturated carbocycles. The summed E-state index contributed by atoms with van der Waals surface area (Å²) in [6.45, 7) is 4.26. The molecule has 0 atom stereocenters. The SMILES string of the molecule is CC(C)c1ccccc1Oc1cccc(Cl)c1N. The van der Waals surface area contributed by atoms with Gasteiger partial charge < -0.3 is 10.5 Å². The van der Waals surface area contributed by atoms with Gasteiger partial charge in [-0.1, -0.05) is 49.7 Å². The zero-order valence-electron chi connectivity index (χ0n) is 10.5. The van der Waals surface area contributed by atoms with Crippen molar-refractivity contribution in [2.75, 3.05) is 5.73 Å². The highest BCUT2D eigenvalue weighted by molar-refractivity contribution is 6.33. The first kappa shape index (κ1) is 12.8. The monoisotopic (exact) mass is 261 g/mol. The summed E-state index contributed by atoms with van der Waals surface area (Å²) in [6, 6.07) is 13.3. The molecule has 0 amide bonds. The minimum atomic E-state index is 0.390. The van der Waals surface area contributed by atoms with Gasteiger partial charge in [-0.2, -0.15) is 0 Å². The number of nitrogen functional groups attached to an aromatic ring is 1. The average molecular weight is 262 g/mol. The molecule has 2 N–H and O–H groups in total. The van der Waals surface area contributed by atoms with Crippen LogP contribution in [0.1, 0.15) is 25.3 Å². The molecule has 0 aliphatic carbocycles. The van der Waals surface area contributed by atoms with Crippen molar-refractivity contribution in [2.45, 2.75) is 19.8 Å². The molecule has 0 saturated heterocycles. The Bertz CT molecular complexity index is 552. The third-order valence-electron chi connectivity index (χ3n) is 2.77. The van der Waals surface area contributed by atoms with Crippen LogP contribution in [-0.4, -0.2) is 0 Å². The zero-order chi connectivity index (χ0) is 13.1. The van der Waals surface area contributed by atoms with Gasteiger partial charge in [-0.25, -0.2) is 0 Å². The number of hydrogen-bond acceptors (Lipinski definition) is 2. The molecule has 2 aromatic rings. The number of ether oxygens (including phenoxy) is 1. The standard InChI is InChI=1S/C15H16ClNO/c1-10(2)11-6-3-4-8-13(11)18-14-9-5-7-12(16)15(14)17/h3-10H,17H2,1-2H3. The van der Waals surface area contributed by atoms with E-state index < -0.39 is 0 Å². The first-order chi connectivity index (χ1) is 8.59. The summed E-state index contributed by atoms with van der Waals surface area (Å²) in [5, 5.41) is 0.509. The third-order valence-corrected chi connectivity index (χ3v) is 3.10. The highest BCUT2D eigenvalue weighted by Crippen LogP contribution is 2.35. The minimum Gasteiger partial charge on any atom is -0.455 e. The maximum Gasteiger partial charge on any atom is 0.151 e. The van der Waals surface area contributed by atoms with Gasteiger partial charge in [0.1, 0.15) is 5.75 Å². The van der Waals surface area contributed by atoms with Crippen LogP contribution < -0.4 is 10.5 Å². The summed E-state index contributed by atoms with van der Waals surface area (Å²) in [5.41, 5.74) is 7.52. The highest BCUT2D eigenvalue weighted by atomic mass is 35.5. The van der Waals surface area contributed by atoms with Gasteiger partial charge in [-0.3, -0.25) is 0 Å². The molecule has 2 aromatic carbocycles. The fraction of sp³-hybridized carbons (Fsp3) is 0.200. The summed E-state index contributed by atoms with van der Waals surface area (Å²) < 4.78 is 5.87. The number of nitrogens with two attached hydrogens (primary N) is 1. The molecule has 3 heteroatoms. The lowest BCUT2D eigenvalue weighted by atomic mass is 10.0. The van der Waals surface area contributed by atoms with E-state index in [1.807, 2.05) is 30.3 Å². The number of hydrogen-bond donors (Lipinski definition) is 1. The minimum absolute atomic E-state index is 0.390. The zero-order valence-corrected chi connectivity index (χ0v) is 11.2.